The molecule has 21 rings (SSSR count). The van der Waals surface area contributed by atoms with Crippen LogP contribution in [0.4, 0.5) is 26.3 Å². The normalized spacial score (nSPS) is 11.7. The fourth-order valence-corrected chi connectivity index (χ4v) is 16.3. The Bertz CT molecular complexity index is 7220. The topological polar surface area (TPSA) is 188 Å². The molecule has 6 aromatic heterocycles. The maximum Gasteiger partial charge on any atom is 0.417 e. The van der Waals surface area contributed by atoms with Crippen LogP contribution in [0, 0.1) is 11.3 Å². The van der Waals surface area contributed by atoms with E-state index in [1.54, 1.807) is 18.2 Å². The van der Waals surface area contributed by atoms with E-state index in [0.29, 0.717) is 147 Å². The number of fused-ring (bicyclic) bond motifs is 6. The van der Waals surface area contributed by atoms with Gasteiger partial charge in [-0.1, -0.05) is 261 Å². The van der Waals surface area contributed by atoms with Gasteiger partial charge in [0.2, 0.25) is 0 Å². The Morgan fingerprint density at radius 2 is 0.444 bits per heavy atom. The van der Waals surface area contributed by atoms with Crippen LogP contribution >= 0.6 is 0 Å². The Kier molecular flexibility index (Phi) is 19.1. The smallest absolute Gasteiger partial charge is 0.309 e. The van der Waals surface area contributed by atoms with Gasteiger partial charge in [0.15, 0.2) is 69.9 Å². The van der Waals surface area contributed by atoms with Gasteiger partial charge >= 0.3 is 12.4 Å². The van der Waals surface area contributed by atoms with E-state index >= 15 is 26.3 Å². The van der Waals surface area contributed by atoms with Crippen molar-refractivity contribution in [3.8, 4) is 176 Å². The highest BCUT2D eigenvalue weighted by atomic mass is 19.4. The molecule has 21 aromatic rings. The fourth-order valence-electron chi connectivity index (χ4n) is 16.3. The van der Waals surface area contributed by atoms with E-state index < -0.39 is 34.6 Å². The third-order valence-electron chi connectivity index (χ3n) is 22.2. The molecule has 0 unspecified atom stereocenters. The molecule has 0 radical (unpaired) electrons. The molecule has 598 valence electrons. The molecule has 0 fully saturated rings. The number of nitriles is 1. The summed E-state index contributed by atoms with van der Waals surface area (Å²) in [5.41, 5.74) is 7.16. The molecule has 0 aliphatic heterocycles. The van der Waals surface area contributed by atoms with Crippen LogP contribution in [-0.2, 0) is 12.4 Å². The van der Waals surface area contributed by atoms with Gasteiger partial charge < -0.3 is 9.13 Å². The van der Waals surface area contributed by atoms with Gasteiger partial charge in [0.1, 0.15) is 0 Å². The Morgan fingerprint density at radius 3 is 0.690 bits per heavy atom. The van der Waals surface area contributed by atoms with E-state index in [2.05, 4.69) is 6.07 Å². The molecule has 21 heteroatoms. The predicted molar refractivity (Wildman–Crippen MR) is 479 cm³/mol. The molecular formula is C105H61F6N15. The minimum absolute atomic E-state index is 0.118. The molecular weight excluding hydrogens is 1590 g/mol. The van der Waals surface area contributed by atoms with Crippen LogP contribution in [0.25, 0.3) is 214 Å². The van der Waals surface area contributed by atoms with E-state index in [4.69, 9.17) is 59.8 Å². The van der Waals surface area contributed by atoms with Crippen molar-refractivity contribution in [3.63, 3.8) is 0 Å². The van der Waals surface area contributed by atoms with Crippen LogP contribution in [0.15, 0.2) is 370 Å². The summed E-state index contributed by atoms with van der Waals surface area (Å²) in [6.45, 7) is 0. The molecule has 0 atom stereocenters. The lowest BCUT2D eigenvalue weighted by atomic mass is 9.90. The van der Waals surface area contributed by atoms with Gasteiger partial charge in [0.05, 0.1) is 56.2 Å². The lowest BCUT2D eigenvalue weighted by Gasteiger charge is -2.22. The number of nitrogens with zero attached hydrogens (tertiary/aromatic N) is 15. The van der Waals surface area contributed by atoms with Gasteiger partial charge in [0, 0.05) is 105 Å². The maximum atomic E-state index is 16.0. The first-order valence-corrected chi connectivity index (χ1v) is 40.3. The van der Waals surface area contributed by atoms with E-state index in [9.17, 15) is 5.26 Å². The zero-order valence-corrected chi connectivity index (χ0v) is 66.2. The Morgan fingerprint density at radius 1 is 0.206 bits per heavy atom. The third-order valence-corrected chi connectivity index (χ3v) is 22.2. The molecule has 126 heavy (non-hydrogen) atoms. The van der Waals surface area contributed by atoms with Crippen LogP contribution in [-0.4, -0.2) is 68.9 Å². The summed E-state index contributed by atoms with van der Waals surface area (Å²) in [5, 5.41) is 13.8. The average Bonchev–Trinajstić information content (AvgIpc) is 1.75. The highest BCUT2D eigenvalue weighted by Gasteiger charge is 2.42. The van der Waals surface area contributed by atoms with Gasteiger partial charge in [-0.05, 0) is 115 Å². The molecule has 15 nitrogen and oxygen atoms in total. The second-order valence-electron chi connectivity index (χ2n) is 30.1. The van der Waals surface area contributed by atoms with E-state index in [-0.39, 0.29) is 28.5 Å². The Balaban J connectivity index is 0.847. The highest BCUT2D eigenvalue weighted by molar-refractivity contribution is 6.14. The second kappa shape index (κ2) is 31.5. The van der Waals surface area contributed by atoms with Crippen LogP contribution in [0.3, 0.4) is 0 Å². The summed E-state index contributed by atoms with van der Waals surface area (Å²) in [6, 6.07) is 113. The molecule has 15 aromatic carbocycles. The van der Waals surface area contributed by atoms with Crippen LogP contribution in [0.2, 0.25) is 0 Å². The Hall–Kier alpha value is -17.0. The summed E-state index contributed by atoms with van der Waals surface area (Å²) in [5.74, 6) is 4.57. The van der Waals surface area contributed by atoms with E-state index in [0.717, 1.165) is 50.6 Å². The van der Waals surface area contributed by atoms with Crippen molar-refractivity contribution in [3.05, 3.63) is 387 Å². The van der Waals surface area contributed by atoms with Crippen molar-refractivity contribution >= 4 is 43.6 Å². The Labute approximate surface area is 715 Å². The van der Waals surface area contributed by atoms with Crippen LogP contribution in [0.5, 0.6) is 0 Å². The third kappa shape index (κ3) is 14.4. The number of hydrogen-bond donors (Lipinski definition) is 0. The van der Waals surface area contributed by atoms with Gasteiger partial charge in [0.25, 0.3) is 0 Å². The number of hydrogen-bond acceptors (Lipinski definition) is 13. The summed E-state index contributed by atoms with van der Waals surface area (Å²) in [6.07, 6.45) is -10.6. The van der Waals surface area contributed by atoms with Crippen molar-refractivity contribution in [1.29, 1.82) is 5.26 Å². The van der Waals surface area contributed by atoms with Crippen LogP contribution < -0.4 is 0 Å². The summed E-state index contributed by atoms with van der Waals surface area (Å²) in [4.78, 5) is 61.4. The molecule has 6 heterocycles. The van der Waals surface area contributed by atoms with E-state index in [1.165, 1.54) is 18.2 Å². The maximum absolute atomic E-state index is 16.0. The molecule has 0 saturated heterocycles. The molecule has 0 aliphatic carbocycles. The minimum Gasteiger partial charge on any atom is -0.309 e. The molecule has 0 bridgehead atoms. The standard InChI is InChI=1S/C105H61F6N15/c106-104(107,108)83-42-25-43-84(105(109,110)111)91(83)72-45-50-77(90(61-72)126-88-54-48-75(102-121-96(68-34-17-5-18-35-68)115-97(122-102)69-36-19-6-20-37-69)59-81(88)82-60-76(49-55-89(82)126)103-123-98(70-38-21-7-22-39-70)116-99(124-103)71-40-23-8-24-41-71)78-56-63(62-112)44-51-85(78)125-86-52-46-73(100-117-92(64-26-9-1-10-27-64)113-93(118-100)65-28-11-2-12-29-65)57-79(86)80-58-74(47-53-87(80)125)101-119-94(66-30-13-3-14-31-66)114-95(120-101)67-32-15-4-16-33-67/h1-61H. The van der Waals surface area contributed by atoms with E-state index in [1.807, 2.05) is 325 Å². The van der Waals surface area contributed by atoms with Gasteiger partial charge in [-0.15, -0.1) is 0 Å². The number of benzene rings is 15. The van der Waals surface area contributed by atoms with Gasteiger partial charge in [-0.3, -0.25) is 0 Å². The van der Waals surface area contributed by atoms with Crippen molar-refractivity contribution in [2.45, 2.75) is 12.4 Å². The minimum atomic E-state index is -5.29. The van der Waals surface area contributed by atoms with Crippen molar-refractivity contribution in [1.82, 2.24) is 68.9 Å². The lowest BCUT2D eigenvalue weighted by molar-refractivity contribution is -0.142. The van der Waals surface area contributed by atoms with Crippen molar-refractivity contribution in [2.24, 2.45) is 0 Å². The highest BCUT2D eigenvalue weighted by Crippen LogP contribution is 2.50. The molecule has 0 aliphatic rings. The lowest BCUT2D eigenvalue weighted by Crippen LogP contribution is -2.14. The first-order valence-electron chi connectivity index (χ1n) is 40.3. The first-order chi connectivity index (χ1) is 61.6. The molecule has 0 amide bonds. The summed E-state index contributed by atoms with van der Waals surface area (Å²) < 4.78 is 99.7. The number of halogens is 6. The number of aromatic nitrogens is 14. The van der Waals surface area contributed by atoms with Crippen molar-refractivity contribution < 1.29 is 26.3 Å². The second-order valence-corrected chi connectivity index (χ2v) is 30.1. The zero-order chi connectivity index (χ0) is 85.2. The SMILES string of the molecule is N#Cc1ccc(-n2c3ccc(-c4nc(-c5ccccc5)nc(-c5ccccc5)n4)cc3c3cc(-c4nc(-c5ccccc5)nc(-c5ccccc5)n4)ccc32)c(-c2ccc(-c3c(C(F)(F)F)cccc3C(F)(F)F)cc2-n2c3ccc(-c4nc(-c5ccccc5)nc(-c5ccccc5)n4)cc3c3cc(-c4nc(-c5ccccc5)nc(-c5ccccc5)n4)ccc32)c1. The number of alkyl halides is 6. The monoisotopic (exact) mass is 1650 g/mol. The van der Waals surface area contributed by atoms with Gasteiger partial charge in [-0.2, -0.15) is 31.6 Å². The average molecular weight is 1650 g/mol. The predicted octanol–water partition coefficient (Wildman–Crippen LogP) is 25.9. The zero-order valence-electron chi connectivity index (χ0n) is 66.2. The molecule has 0 N–H and O–H groups in total. The quantitative estimate of drug-likeness (QED) is 0.0832. The molecule has 0 saturated carbocycles. The van der Waals surface area contributed by atoms with Gasteiger partial charge in [-0.25, -0.2) is 59.8 Å². The molecule has 0 spiro atoms. The summed E-state index contributed by atoms with van der Waals surface area (Å²) in [7, 11) is 0. The summed E-state index contributed by atoms with van der Waals surface area (Å²) >= 11 is 0. The number of rotatable bonds is 16. The fraction of sp³-hybridized carbons (Fsp3) is 0.0190. The van der Waals surface area contributed by atoms with Crippen molar-refractivity contribution in [2.75, 3.05) is 0 Å². The van der Waals surface area contributed by atoms with Crippen LogP contribution in [0.1, 0.15) is 16.7 Å². The first kappa shape index (κ1) is 76.4. The largest absolute Gasteiger partial charge is 0.417 e.